The summed E-state index contributed by atoms with van der Waals surface area (Å²) in [6.45, 7) is 4.04. The Morgan fingerprint density at radius 2 is 2.00 bits per heavy atom. The van der Waals surface area contributed by atoms with E-state index in [9.17, 15) is 10.1 Å². The van der Waals surface area contributed by atoms with Crippen molar-refractivity contribution >= 4 is 11.5 Å². The molecule has 7 nitrogen and oxygen atoms in total. The van der Waals surface area contributed by atoms with Crippen LogP contribution in [-0.4, -0.2) is 27.5 Å². The number of anilines is 1. The van der Waals surface area contributed by atoms with Crippen LogP contribution in [0.5, 0.6) is 5.88 Å². The van der Waals surface area contributed by atoms with Crippen LogP contribution in [0.15, 0.2) is 0 Å². The third kappa shape index (κ3) is 3.80. The summed E-state index contributed by atoms with van der Waals surface area (Å²) in [7, 11) is 0. The van der Waals surface area contributed by atoms with Crippen molar-refractivity contribution in [2.24, 2.45) is 0 Å². The van der Waals surface area contributed by atoms with E-state index in [2.05, 4.69) is 15.3 Å². The lowest BCUT2D eigenvalue weighted by Gasteiger charge is -2.23. The molecule has 0 aromatic carbocycles. The Morgan fingerprint density at radius 3 is 2.57 bits per heavy atom. The van der Waals surface area contributed by atoms with Crippen molar-refractivity contribution in [3.8, 4) is 5.88 Å². The van der Waals surface area contributed by atoms with Crippen molar-refractivity contribution in [3.05, 3.63) is 15.9 Å². The zero-order chi connectivity index (χ0) is 15.2. The standard InChI is InChI=1S/C14H22N4O3/c1-3-11-16-13(15-10-8-6-5-7-9-10)12(18(19)20)14(17-11)21-4-2/h10H,3-9H2,1-2H3,(H,15,16,17). The molecule has 21 heavy (non-hydrogen) atoms. The number of rotatable bonds is 6. The molecule has 1 N–H and O–H groups in total. The van der Waals surface area contributed by atoms with Gasteiger partial charge in [-0.1, -0.05) is 26.2 Å². The molecule has 1 saturated carbocycles. The highest BCUT2D eigenvalue weighted by molar-refractivity contribution is 5.62. The van der Waals surface area contributed by atoms with Crippen molar-refractivity contribution in [1.29, 1.82) is 0 Å². The van der Waals surface area contributed by atoms with Crippen molar-refractivity contribution in [3.63, 3.8) is 0 Å². The van der Waals surface area contributed by atoms with E-state index in [1.165, 1.54) is 6.42 Å². The highest BCUT2D eigenvalue weighted by Crippen LogP contribution is 2.33. The first-order valence-electron chi connectivity index (χ1n) is 7.60. The SMILES string of the molecule is CCOc1nc(CC)nc(NC2CCCCC2)c1[N+](=O)[O-]. The molecule has 1 fully saturated rings. The second-order valence-corrected chi connectivity index (χ2v) is 5.17. The molecule has 0 unspecified atom stereocenters. The Labute approximate surface area is 124 Å². The van der Waals surface area contributed by atoms with Gasteiger partial charge < -0.3 is 10.1 Å². The molecule has 0 saturated heterocycles. The molecule has 0 amide bonds. The fourth-order valence-electron chi connectivity index (χ4n) is 2.58. The van der Waals surface area contributed by atoms with Gasteiger partial charge in [-0.25, -0.2) is 4.98 Å². The van der Waals surface area contributed by atoms with E-state index in [1.54, 1.807) is 6.92 Å². The zero-order valence-corrected chi connectivity index (χ0v) is 12.6. The minimum Gasteiger partial charge on any atom is -0.473 e. The fourth-order valence-corrected chi connectivity index (χ4v) is 2.58. The maximum Gasteiger partial charge on any atom is 0.372 e. The van der Waals surface area contributed by atoms with Gasteiger partial charge in [0.1, 0.15) is 5.82 Å². The maximum atomic E-state index is 11.4. The lowest BCUT2D eigenvalue weighted by Crippen LogP contribution is -2.24. The van der Waals surface area contributed by atoms with Crippen LogP contribution in [0.3, 0.4) is 0 Å². The lowest BCUT2D eigenvalue weighted by molar-refractivity contribution is -0.385. The Hall–Kier alpha value is -1.92. The first kappa shape index (κ1) is 15.5. The third-order valence-corrected chi connectivity index (χ3v) is 3.62. The summed E-state index contributed by atoms with van der Waals surface area (Å²) in [5, 5.41) is 14.6. The number of hydrogen-bond acceptors (Lipinski definition) is 6. The molecular formula is C14H22N4O3. The predicted molar refractivity (Wildman–Crippen MR) is 79.7 cm³/mol. The van der Waals surface area contributed by atoms with E-state index in [1.807, 2.05) is 6.92 Å². The molecule has 116 valence electrons. The molecule has 0 aliphatic heterocycles. The molecule has 0 bridgehead atoms. The van der Waals surface area contributed by atoms with Crippen LogP contribution < -0.4 is 10.1 Å². The number of aromatic nitrogens is 2. The molecule has 7 heteroatoms. The molecule has 1 aromatic rings. The van der Waals surface area contributed by atoms with Crippen molar-refractivity contribution < 1.29 is 9.66 Å². The second kappa shape index (κ2) is 7.19. The Balaban J connectivity index is 2.35. The summed E-state index contributed by atoms with van der Waals surface area (Å²) in [6.07, 6.45) is 6.18. The average molecular weight is 294 g/mol. The average Bonchev–Trinajstić information content (AvgIpc) is 2.47. The van der Waals surface area contributed by atoms with E-state index in [0.717, 1.165) is 25.7 Å². The quantitative estimate of drug-likeness (QED) is 0.640. The Kier molecular flexibility index (Phi) is 5.30. The number of ether oxygens (including phenoxy) is 1. The molecule has 1 aromatic heterocycles. The summed E-state index contributed by atoms with van der Waals surface area (Å²) in [6, 6.07) is 0.242. The predicted octanol–water partition coefficient (Wildman–Crippen LogP) is 3.09. The summed E-state index contributed by atoms with van der Waals surface area (Å²) in [5.74, 6) is 0.914. The number of nitrogens with one attached hydrogen (secondary N) is 1. The number of hydrogen-bond donors (Lipinski definition) is 1. The van der Waals surface area contributed by atoms with Gasteiger partial charge in [0, 0.05) is 12.5 Å². The fraction of sp³-hybridized carbons (Fsp3) is 0.714. The number of nitrogens with zero attached hydrogens (tertiary/aromatic N) is 3. The van der Waals surface area contributed by atoms with E-state index in [-0.39, 0.29) is 17.6 Å². The monoisotopic (exact) mass is 294 g/mol. The molecular weight excluding hydrogens is 272 g/mol. The van der Waals surface area contributed by atoms with Gasteiger partial charge >= 0.3 is 5.69 Å². The van der Waals surface area contributed by atoms with Crippen LogP contribution >= 0.6 is 0 Å². The van der Waals surface area contributed by atoms with E-state index in [0.29, 0.717) is 24.7 Å². The van der Waals surface area contributed by atoms with Crippen LogP contribution in [0.1, 0.15) is 51.8 Å². The Bertz CT molecular complexity index is 501. The maximum absolute atomic E-state index is 11.4. The molecule has 2 rings (SSSR count). The number of nitro groups is 1. The van der Waals surface area contributed by atoms with Crippen molar-refractivity contribution in [1.82, 2.24) is 9.97 Å². The van der Waals surface area contributed by atoms with Crippen molar-refractivity contribution in [2.45, 2.75) is 58.4 Å². The van der Waals surface area contributed by atoms with Gasteiger partial charge in [0.2, 0.25) is 5.82 Å². The van der Waals surface area contributed by atoms with Gasteiger partial charge in [0.15, 0.2) is 0 Å². The Morgan fingerprint density at radius 1 is 1.29 bits per heavy atom. The lowest BCUT2D eigenvalue weighted by atomic mass is 9.95. The highest BCUT2D eigenvalue weighted by atomic mass is 16.6. The topological polar surface area (TPSA) is 90.2 Å². The summed E-state index contributed by atoms with van der Waals surface area (Å²) in [4.78, 5) is 19.3. The van der Waals surface area contributed by atoms with Gasteiger partial charge in [-0.05, 0) is 19.8 Å². The van der Waals surface area contributed by atoms with Crippen LogP contribution in [0.25, 0.3) is 0 Å². The second-order valence-electron chi connectivity index (χ2n) is 5.17. The molecule has 0 atom stereocenters. The molecule has 1 aliphatic rings. The smallest absolute Gasteiger partial charge is 0.372 e. The van der Waals surface area contributed by atoms with Crippen LogP contribution in [0, 0.1) is 10.1 Å². The van der Waals surface area contributed by atoms with Gasteiger partial charge in [-0.3, -0.25) is 10.1 Å². The van der Waals surface area contributed by atoms with E-state index >= 15 is 0 Å². The van der Waals surface area contributed by atoms with Crippen LogP contribution in [0.2, 0.25) is 0 Å². The van der Waals surface area contributed by atoms with Gasteiger partial charge in [0.25, 0.3) is 5.88 Å². The van der Waals surface area contributed by atoms with Gasteiger partial charge in [-0.15, -0.1) is 0 Å². The minimum atomic E-state index is -0.463. The first-order valence-corrected chi connectivity index (χ1v) is 7.60. The molecule has 0 spiro atoms. The van der Waals surface area contributed by atoms with Crippen LogP contribution in [-0.2, 0) is 6.42 Å². The highest BCUT2D eigenvalue weighted by Gasteiger charge is 2.28. The third-order valence-electron chi connectivity index (χ3n) is 3.62. The zero-order valence-electron chi connectivity index (χ0n) is 12.6. The summed E-state index contributed by atoms with van der Waals surface area (Å²) < 4.78 is 5.34. The van der Waals surface area contributed by atoms with E-state index in [4.69, 9.17) is 4.74 Å². The van der Waals surface area contributed by atoms with Gasteiger partial charge in [0.05, 0.1) is 11.5 Å². The first-order chi connectivity index (χ1) is 10.2. The van der Waals surface area contributed by atoms with Gasteiger partial charge in [-0.2, -0.15) is 4.98 Å². The minimum absolute atomic E-state index is 0.0626. The largest absolute Gasteiger partial charge is 0.473 e. The summed E-state index contributed by atoms with van der Waals surface area (Å²) >= 11 is 0. The molecule has 1 aliphatic carbocycles. The number of aryl methyl sites for hydroxylation is 1. The molecule has 1 heterocycles. The summed E-state index contributed by atoms with van der Waals surface area (Å²) in [5.41, 5.74) is -0.153. The van der Waals surface area contributed by atoms with Crippen molar-refractivity contribution in [2.75, 3.05) is 11.9 Å². The normalized spacial score (nSPS) is 15.7. The van der Waals surface area contributed by atoms with Crippen LogP contribution in [0.4, 0.5) is 11.5 Å². The van der Waals surface area contributed by atoms with E-state index < -0.39 is 4.92 Å². The molecule has 0 radical (unpaired) electrons.